The third kappa shape index (κ3) is 3.48. The number of carbonyl (C=O) groups excluding carboxylic acids is 2. The van der Waals surface area contributed by atoms with Crippen LogP contribution in [-0.2, 0) is 16.0 Å². The van der Waals surface area contributed by atoms with E-state index < -0.39 is 6.10 Å². The summed E-state index contributed by atoms with van der Waals surface area (Å²) in [7, 11) is 1.59. The van der Waals surface area contributed by atoms with Crippen LogP contribution in [0.1, 0.15) is 12.5 Å². The van der Waals surface area contributed by atoms with Crippen molar-refractivity contribution in [2.75, 3.05) is 17.7 Å². The summed E-state index contributed by atoms with van der Waals surface area (Å²) in [5, 5.41) is 5.57. The highest BCUT2D eigenvalue weighted by molar-refractivity contribution is 5.99. The van der Waals surface area contributed by atoms with Gasteiger partial charge in [-0.05, 0) is 42.8 Å². The van der Waals surface area contributed by atoms with E-state index in [9.17, 15) is 9.59 Å². The van der Waals surface area contributed by atoms with Crippen LogP contribution < -0.4 is 20.1 Å². The fourth-order valence-electron chi connectivity index (χ4n) is 2.46. The monoisotopic (exact) mass is 326 g/mol. The van der Waals surface area contributed by atoms with Crippen LogP contribution in [-0.4, -0.2) is 25.0 Å². The standard InChI is InChI=1S/C18H18N2O4/c1-11-18(22)20-15-10-13(6-7-16(15)24-11)19-17(21)9-12-4-3-5-14(8-12)23-2/h3-8,10-11H,9H2,1-2H3,(H,19,21)(H,20,22)/t11-/m0/s1. The smallest absolute Gasteiger partial charge is 0.265 e. The zero-order valence-electron chi connectivity index (χ0n) is 13.5. The van der Waals surface area contributed by atoms with Crippen LogP contribution in [0.2, 0.25) is 0 Å². The molecule has 1 heterocycles. The fourth-order valence-corrected chi connectivity index (χ4v) is 2.46. The van der Waals surface area contributed by atoms with Crippen molar-refractivity contribution in [2.24, 2.45) is 0 Å². The van der Waals surface area contributed by atoms with Crippen LogP contribution in [0.4, 0.5) is 11.4 Å². The van der Waals surface area contributed by atoms with Gasteiger partial charge >= 0.3 is 0 Å². The Hall–Kier alpha value is -3.02. The number of methoxy groups -OCH3 is 1. The summed E-state index contributed by atoms with van der Waals surface area (Å²) < 4.78 is 10.6. The molecule has 1 aliphatic heterocycles. The highest BCUT2D eigenvalue weighted by atomic mass is 16.5. The van der Waals surface area contributed by atoms with Gasteiger partial charge in [0.05, 0.1) is 19.2 Å². The summed E-state index contributed by atoms with van der Waals surface area (Å²) in [5.41, 5.74) is 2.01. The van der Waals surface area contributed by atoms with Gasteiger partial charge in [-0.15, -0.1) is 0 Å². The quantitative estimate of drug-likeness (QED) is 0.905. The van der Waals surface area contributed by atoms with Gasteiger partial charge in [-0.3, -0.25) is 9.59 Å². The van der Waals surface area contributed by atoms with E-state index in [0.29, 0.717) is 22.9 Å². The van der Waals surface area contributed by atoms with E-state index in [-0.39, 0.29) is 18.2 Å². The maximum Gasteiger partial charge on any atom is 0.265 e. The largest absolute Gasteiger partial charge is 0.497 e. The maximum absolute atomic E-state index is 12.2. The second kappa shape index (κ2) is 6.62. The molecule has 2 aromatic rings. The predicted octanol–water partition coefficient (Wildman–Crippen LogP) is 2.60. The van der Waals surface area contributed by atoms with Gasteiger partial charge < -0.3 is 20.1 Å². The Labute approximate surface area is 139 Å². The molecule has 2 amide bonds. The molecule has 0 fully saturated rings. The molecule has 2 aromatic carbocycles. The molecule has 1 atom stereocenters. The summed E-state index contributed by atoms with van der Waals surface area (Å²) in [5.74, 6) is 0.943. The summed E-state index contributed by atoms with van der Waals surface area (Å²) >= 11 is 0. The van der Waals surface area contributed by atoms with Gasteiger partial charge in [-0.25, -0.2) is 0 Å². The predicted molar refractivity (Wildman–Crippen MR) is 90.5 cm³/mol. The van der Waals surface area contributed by atoms with Crippen LogP contribution in [0.5, 0.6) is 11.5 Å². The van der Waals surface area contributed by atoms with Gasteiger partial charge in [0.15, 0.2) is 6.10 Å². The summed E-state index contributed by atoms with van der Waals surface area (Å²) in [6, 6.07) is 12.5. The van der Waals surface area contributed by atoms with Gasteiger partial charge in [-0.1, -0.05) is 12.1 Å². The van der Waals surface area contributed by atoms with Gasteiger partial charge in [0.2, 0.25) is 5.91 Å². The number of ether oxygens (including phenoxy) is 2. The van der Waals surface area contributed by atoms with Crippen LogP contribution in [0.3, 0.4) is 0 Å². The molecule has 124 valence electrons. The lowest BCUT2D eigenvalue weighted by atomic mass is 10.1. The molecule has 6 heteroatoms. The maximum atomic E-state index is 12.2. The number of nitrogens with one attached hydrogen (secondary N) is 2. The molecule has 1 aliphatic rings. The number of benzene rings is 2. The van der Waals surface area contributed by atoms with Crippen LogP contribution >= 0.6 is 0 Å². The van der Waals surface area contributed by atoms with E-state index in [0.717, 1.165) is 5.56 Å². The zero-order valence-corrected chi connectivity index (χ0v) is 13.5. The fraction of sp³-hybridized carbons (Fsp3) is 0.222. The topological polar surface area (TPSA) is 76.7 Å². The Morgan fingerprint density at radius 1 is 1.29 bits per heavy atom. The Bertz CT molecular complexity index is 788. The van der Waals surface area contributed by atoms with E-state index >= 15 is 0 Å². The Morgan fingerprint density at radius 2 is 2.12 bits per heavy atom. The van der Waals surface area contributed by atoms with Crippen molar-refractivity contribution in [3.8, 4) is 11.5 Å². The van der Waals surface area contributed by atoms with E-state index in [2.05, 4.69) is 10.6 Å². The van der Waals surface area contributed by atoms with Gasteiger partial charge in [0.1, 0.15) is 11.5 Å². The summed E-state index contributed by atoms with van der Waals surface area (Å²) in [6.45, 7) is 1.68. The number of anilines is 2. The Morgan fingerprint density at radius 3 is 2.92 bits per heavy atom. The van der Waals surface area contributed by atoms with Crippen molar-refractivity contribution in [1.29, 1.82) is 0 Å². The lowest BCUT2D eigenvalue weighted by Crippen LogP contribution is -2.34. The second-order valence-corrected chi connectivity index (χ2v) is 5.54. The highest BCUT2D eigenvalue weighted by Gasteiger charge is 2.23. The number of hydrogen-bond donors (Lipinski definition) is 2. The third-order valence-electron chi connectivity index (χ3n) is 3.69. The first kappa shape index (κ1) is 15.9. The van der Waals surface area contributed by atoms with E-state index in [1.54, 1.807) is 32.2 Å². The van der Waals surface area contributed by atoms with Crippen molar-refractivity contribution in [3.63, 3.8) is 0 Å². The molecule has 0 radical (unpaired) electrons. The molecule has 0 saturated carbocycles. The molecule has 6 nitrogen and oxygen atoms in total. The highest BCUT2D eigenvalue weighted by Crippen LogP contribution is 2.32. The molecule has 3 rings (SSSR count). The first-order valence-corrected chi connectivity index (χ1v) is 7.59. The lowest BCUT2D eigenvalue weighted by Gasteiger charge is -2.23. The molecule has 0 aromatic heterocycles. The third-order valence-corrected chi connectivity index (χ3v) is 3.69. The van der Waals surface area contributed by atoms with Gasteiger partial charge in [0.25, 0.3) is 5.91 Å². The zero-order chi connectivity index (χ0) is 17.1. The van der Waals surface area contributed by atoms with Crippen LogP contribution in [0, 0.1) is 0 Å². The second-order valence-electron chi connectivity index (χ2n) is 5.54. The SMILES string of the molecule is COc1cccc(CC(=O)Nc2ccc3c(c2)NC(=O)[C@H](C)O3)c1. The Kier molecular flexibility index (Phi) is 4.37. The average molecular weight is 326 g/mol. The molecule has 0 spiro atoms. The molecular formula is C18H18N2O4. The molecular weight excluding hydrogens is 308 g/mol. The molecule has 0 saturated heterocycles. The minimum Gasteiger partial charge on any atom is -0.497 e. The van der Waals surface area contributed by atoms with Crippen molar-refractivity contribution in [1.82, 2.24) is 0 Å². The summed E-state index contributed by atoms with van der Waals surface area (Å²) in [6.07, 6.45) is -0.292. The van der Waals surface area contributed by atoms with Crippen molar-refractivity contribution < 1.29 is 19.1 Å². The minimum atomic E-state index is -0.522. The van der Waals surface area contributed by atoms with Crippen LogP contribution in [0.25, 0.3) is 0 Å². The molecule has 0 unspecified atom stereocenters. The number of carbonyl (C=O) groups is 2. The number of fused-ring (bicyclic) bond motifs is 1. The number of hydrogen-bond acceptors (Lipinski definition) is 4. The first-order chi connectivity index (χ1) is 11.5. The van der Waals surface area contributed by atoms with Gasteiger partial charge in [0, 0.05) is 5.69 Å². The molecule has 24 heavy (non-hydrogen) atoms. The number of rotatable bonds is 4. The Balaban J connectivity index is 1.68. The van der Waals surface area contributed by atoms with Crippen molar-refractivity contribution >= 4 is 23.2 Å². The van der Waals surface area contributed by atoms with Crippen molar-refractivity contribution in [3.05, 3.63) is 48.0 Å². The minimum absolute atomic E-state index is 0.153. The normalized spacial score (nSPS) is 15.8. The molecule has 2 N–H and O–H groups in total. The number of amides is 2. The van der Waals surface area contributed by atoms with E-state index in [1.807, 2.05) is 24.3 Å². The molecule has 0 aliphatic carbocycles. The average Bonchev–Trinajstić information content (AvgIpc) is 2.56. The van der Waals surface area contributed by atoms with Gasteiger partial charge in [-0.2, -0.15) is 0 Å². The lowest BCUT2D eigenvalue weighted by molar-refractivity contribution is -0.122. The van der Waals surface area contributed by atoms with Crippen LogP contribution in [0.15, 0.2) is 42.5 Å². The summed E-state index contributed by atoms with van der Waals surface area (Å²) in [4.78, 5) is 23.9. The van der Waals surface area contributed by atoms with Crippen molar-refractivity contribution in [2.45, 2.75) is 19.4 Å². The molecule has 0 bridgehead atoms. The van der Waals surface area contributed by atoms with E-state index in [1.165, 1.54) is 0 Å². The van der Waals surface area contributed by atoms with E-state index in [4.69, 9.17) is 9.47 Å². The first-order valence-electron chi connectivity index (χ1n) is 7.59.